The lowest BCUT2D eigenvalue weighted by molar-refractivity contribution is -0.146. The van der Waals surface area contributed by atoms with Crippen molar-refractivity contribution >= 4 is 23.9 Å². The Morgan fingerprint density at radius 3 is 0.707 bits per heavy atom. The van der Waals surface area contributed by atoms with Crippen LogP contribution in [0.1, 0.15) is 334 Å². The third kappa shape index (κ3) is 53.7. The number of benzene rings is 1. The highest BCUT2D eigenvalue weighted by Crippen LogP contribution is 2.17. The van der Waals surface area contributed by atoms with Crippen LogP contribution in [0.5, 0.6) is 0 Å². The fourth-order valence-electron chi connectivity index (χ4n) is 11.0. The molecule has 0 saturated carbocycles. The molecular weight excluding hydrogens is 1020 g/mol. The number of rotatable bonds is 64. The quantitative estimate of drug-likeness (QED) is 0.0355. The third-order valence-corrected chi connectivity index (χ3v) is 16.4. The third-order valence-electron chi connectivity index (χ3n) is 16.4. The summed E-state index contributed by atoms with van der Waals surface area (Å²) in [5.74, 6) is -0.630. The van der Waals surface area contributed by atoms with Gasteiger partial charge in [0.25, 0.3) is 0 Å². The largest absolute Gasteiger partial charge is 0.466 e. The minimum atomic E-state index is -0.158. The zero-order valence-electron chi connectivity index (χ0n) is 54.5. The van der Waals surface area contributed by atoms with Crippen LogP contribution in [0, 0.1) is 0 Å². The number of unbranched alkanes of at least 4 members (excludes halogenated alkanes) is 36. The van der Waals surface area contributed by atoms with Crippen LogP contribution in [-0.2, 0) is 51.0 Å². The van der Waals surface area contributed by atoms with Crippen molar-refractivity contribution in [3.05, 3.63) is 35.4 Å². The molecule has 478 valence electrons. The highest BCUT2D eigenvalue weighted by atomic mass is 16.5. The van der Waals surface area contributed by atoms with Crippen LogP contribution in [-0.4, -0.2) is 99.4 Å². The molecule has 0 aromatic heterocycles. The number of hydrogen-bond donors (Lipinski definition) is 0. The van der Waals surface area contributed by atoms with Crippen molar-refractivity contribution in [1.29, 1.82) is 0 Å². The highest BCUT2D eigenvalue weighted by Gasteiger charge is 2.15. The van der Waals surface area contributed by atoms with Gasteiger partial charge in [0.2, 0.25) is 0 Å². The van der Waals surface area contributed by atoms with Gasteiger partial charge in [-0.15, -0.1) is 0 Å². The van der Waals surface area contributed by atoms with Crippen LogP contribution in [0.15, 0.2) is 24.3 Å². The Balaban J connectivity index is 2.71. The Hall–Kier alpha value is -2.98. The van der Waals surface area contributed by atoms with E-state index in [2.05, 4.69) is 61.8 Å². The molecule has 0 spiro atoms. The smallest absolute Gasteiger partial charge is 0.307 e. The molecule has 0 unspecified atom stereocenters. The standard InChI is InChI=1S/C72H132N2O8/c1-5-9-13-17-21-25-29-33-37-41-62-79-69(75)52-58-73(59-53-70(76)80-63-42-38-34-30-26-22-18-14-10-6-2)56-46-50-67-48-45-49-68(66-67)51-47-57-74(60-54-71(77)81-64-43-39-35-31-27-23-19-15-11-7-3)61-55-72(78)82-65-44-40-36-32-28-24-20-16-12-8-4/h45,48-49,66H,5-44,46-47,50-65H2,1-4H3. The van der Waals surface area contributed by atoms with E-state index in [1.807, 2.05) is 0 Å². The van der Waals surface area contributed by atoms with E-state index in [-0.39, 0.29) is 23.9 Å². The maximum absolute atomic E-state index is 12.9. The maximum atomic E-state index is 12.9. The average molecular weight is 1150 g/mol. The van der Waals surface area contributed by atoms with Crippen molar-refractivity contribution < 1.29 is 38.1 Å². The van der Waals surface area contributed by atoms with E-state index >= 15 is 0 Å². The lowest BCUT2D eigenvalue weighted by atomic mass is 10.0. The monoisotopic (exact) mass is 1150 g/mol. The summed E-state index contributed by atoms with van der Waals surface area (Å²) in [4.78, 5) is 56.1. The summed E-state index contributed by atoms with van der Waals surface area (Å²) in [5, 5.41) is 0. The topological polar surface area (TPSA) is 112 Å². The van der Waals surface area contributed by atoms with E-state index in [9.17, 15) is 19.2 Å². The number of ether oxygens (including phenoxy) is 4. The van der Waals surface area contributed by atoms with E-state index in [1.165, 1.54) is 217 Å². The number of esters is 4. The first kappa shape index (κ1) is 77.0. The summed E-state index contributed by atoms with van der Waals surface area (Å²) >= 11 is 0. The second-order valence-corrected chi connectivity index (χ2v) is 24.3. The molecule has 0 radical (unpaired) electrons. The molecule has 0 saturated heterocycles. The molecule has 0 atom stereocenters. The van der Waals surface area contributed by atoms with Crippen molar-refractivity contribution in [2.45, 2.75) is 336 Å². The molecule has 0 aliphatic heterocycles. The van der Waals surface area contributed by atoms with Gasteiger partial charge in [-0.1, -0.05) is 283 Å². The summed E-state index contributed by atoms with van der Waals surface area (Å²) in [5.41, 5.74) is 2.55. The second kappa shape index (κ2) is 61.1. The van der Waals surface area contributed by atoms with E-state index < -0.39 is 0 Å². The summed E-state index contributed by atoms with van der Waals surface area (Å²) in [6.45, 7) is 14.8. The Labute approximate surface area is 506 Å². The molecule has 0 N–H and O–H groups in total. The summed E-state index contributed by atoms with van der Waals surface area (Å²) in [7, 11) is 0. The first-order valence-electron chi connectivity index (χ1n) is 35.5. The normalized spacial score (nSPS) is 11.5. The van der Waals surface area contributed by atoms with E-state index in [0.717, 1.165) is 90.1 Å². The number of nitrogens with zero attached hydrogens (tertiary/aromatic N) is 2. The fraction of sp³-hybridized carbons (Fsp3) is 0.861. The van der Waals surface area contributed by atoms with Crippen molar-refractivity contribution in [3.63, 3.8) is 0 Å². The summed E-state index contributed by atoms with van der Waals surface area (Å²) in [6.07, 6.45) is 54.7. The van der Waals surface area contributed by atoms with Gasteiger partial charge in [-0.3, -0.25) is 19.2 Å². The fourth-order valence-corrected chi connectivity index (χ4v) is 11.0. The molecule has 0 aliphatic rings. The molecule has 1 aromatic carbocycles. The van der Waals surface area contributed by atoms with Gasteiger partial charge in [-0.05, 0) is 75.6 Å². The predicted octanol–water partition coefficient (Wildman–Crippen LogP) is 19.6. The lowest BCUT2D eigenvalue weighted by Crippen LogP contribution is -2.31. The second-order valence-electron chi connectivity index (χ2n) is 24.3. The van der Waals surface area contributed by atoms with Gasteiger partial charge in [0, 0.05) is 26.2 Å². The van der Waals surface area contributed by atoms with Gasteiger partial charge in [0.05, 0.1) is 52.1 Å². The molecular formula is C72H132N2O8. The SMILES string of the molecule is CCCCCCCCCCCCOC(=O)CCN(CCCc1cccc(CCCN(CCC(=O)OCCCCCCCCCCCC)CCC(=O)OCCCCCCCCCCCC)c1)CCC(=O)OCCCCCCCCCCCC. The lowest BCUT2D eigenvalue weighted by Gasteiger charge is -2.22. The number of carbonyl (C=O) groups is 4. The number of hydrogen-bond acceptors (Lipinski definition) is 10. The molecule has 1 aromatic rings. The van der Waals surface area contributed by atoms with E-state index in [1.54, 1.807) is 0 Å². The molecule has 82 heavy (non-hydrogen) atoms. The van der Waals surface area contributed by atoms with Crippen molar-refractivity contribution in [2.24, 2.45) is 0 Å². The Kier molecular flexibility index (Phi) is 57.4. The summed E-state index contributed by atoms with van der Waals surface area (Å²) < 4.78 is 22.7. The van der Waals surface area contributed by atoms with Gasteiger partial charge in [0.15, 0.2) is 0 Å². The molecule has 1 rings (SSSR count). The molecule has 10 nitrogen and oxygen atoms in total. The van der Waals surface area contributed by atoms with Crippen molar-refractivity contribution in [2.75, 3.05) is 65.7 Å². The Morgan fingerprint density at radius 2 is 0.488 bits per heavy atom. The van der Waals surface area contributed by atoms with Gasteiger partial charge < -0.3 is 28.7 Å². The minimum Gasteiger partial charge on any atom is -0.466 e. The van der Waals surface area contributed by atoms with Crippen LogP contribution in [0.3, 0.4) is 0 Å². The zero-order valence-corrected chi connectivity index (χ0v) is 54.5. The van der Waals surface area contributed by atoms with Crippen LogP contribution in [0.2, 0.25) is 0 Å². The van der Waals surface area contributed by atoms with E-state index in [4.69, 9.17) is 18.9 Å². The van der Waals surface area contributed by atoms with Crippen LogP contribution in [0.25, 0.3) is 0 Å². The molecule has 0 bridgehead atoms. The molecule has 0 amide bonds. The molecule has 0 heterocycles. The maximum Gasteiger partial charge on any atom is 0.307 e. The summed E-state index contributed by atoms with van der Waals surface area (Å²) in [6, 6.07) is 8.84. The number of aryl methyl sites for hydroxylation is 2. The van der Waals surface area contributed by atoms with Gasteiger partial charge in [-0.25, -0.2) is 0 Å². The minimum absolute atomic E-state index is 0.158. The molecule has 10 heteroatoms. The van der Waals surface area contributed by atoms with Crippen molar-refractivity contribution in [3.8, 4) is 0 Å². The van der Waals surface area contributed by atoms with Crippen LogP contribution >= 0.6 is 0 Å². The van der Waals surface area contributed by atoms with Crippen molar-refractivity contribution in [1.82, 2.24) is 9.80 Å². The van der Waals surface area contributed by atoms with Crippen LogP contribution in [0.4, 0.5) is 0 Å². The zero-order chi connectivity index (χ0) is 59.3. The highest BCUT2D eigenvalue weighted by molar-refractivity contribution is 5.71. The molecule has 0 fully saturated rings. The van der Waals surface area contributed by atoms with Crippen LogP contribution < -0.4 is 0 Å². The first-order chi connectivity index (χ1) is 40.3. The van der Waals surface area contributed by atoms with Gasteiger partial charge >= 0.3 is 23.9 Å². The first-order valence-corrected chi connectivity index (χ1v) is 35.5. The predicted molar refractivity (Wildman–Crippen MR) is 346 cm³/mol. The van der Waals surface area contributed by atoms with E-state index in [0.29, 0.717) is 78.3 Å². The van der Waals surface area contributed by atoms with Gasteiger partial charge in [-0.2, -0.15) is 0 Å². The number of carbonyl (C=O) groups excluding carboxylic acids is 4. The van der Waals surface area contributed by atoms with Gasteiger partial charge in [0.1, 0.15) is 0 Å². The average Bonchev–Trinajstić information content (AvgIpc) is 3.48. The Bertz CT molecular complexity index is 1380. The molecule has 0 aliphatic carbocycles. The Morgan fingerprint density at radius 1 is 0.280 bits per heavy atom.